The van der Waals surface area contributed by atoms with Gasteiger partial charge in [0.2, 0.25) is 0 Å². The van der Waals surface area contributed by atoms with Crippen molar-refractivity contribution in [1.82, 2.24) is 0 Å². The third kappa shape index (κ3) is 4.07. The molecule has 0 rings (SSSR count). The molecule has 12 heavy (non-hydrogen) atoms. The van der Waals surface area contributed by atoms with Gasteiger partial charge in [-0.3, -0.25) is 0 Å². The van der Waals surface area contributed by atoms with Crippen molar-refractivity contribution in [2.45, 2.75) is 40.2 Å². The monoisotopic (exact) mass is 174 g/mol. The van der Waals surface area contributed by atoms with E-state index in [1.54, 1.807) is 0 Å². The van der Waals surface area contributed by atoms with Crippen LogP contribution in [-0.4, -0.2) is 22.9 Å². The third-order valence-electron chi connectivity index (χ3n) is 2.47. The van der Waals surface area contributed by atoms with Gasteiger partial charge in [0.05, 0.1) is 12.7 Å². The van der Waals surface area contributed by atoms with Gasteiger partial charge in [0.15, 0.2) is 0 Å². The Morgan fingerprint density at radius 1 is 1.00 bits per heavy atom. The molecule has 0 radical (unpaired) electrons. The van der Waals surface area contributed by atoms with E-state index in [-0.39, 0.29) is 6.61 Å². The predicted octanol–water partition coefficient (Wildman–Crippen LogP) is 1.66. The molecule has 0 aliphatic carbocycles. The smallest absolute Gasteiger partial charge is 0.0773 e. The van der Waals surface area contributed by atoms with Gasteiger partial charge >= 0.3 is 0 Å². The molecule has 0 fully saturated rings. The molecule has 0 aromatic rings. The van der Waals surface area contributed by atoms with E-state index in [9.17, 15) is 5.11 Å². The number of hydrogen-bond acceptors (Lipinski definition) is 2. The molecule has 0 amide bonds. The lowest BCUT2D eigenvalue weighted by Crippen LogP contribution is -2.24. The molecule has 0 saturated heterocycles. The lowest BCUT2D eigenvalue weighted by molar-refractivity contribution is 0.0573. The highest BCUT2D eigenvalue weighted by molar-refractivity contribution is 4.70. The van der Waals surface area contributed by atoms with E-state index in [4.69, 9.17) is 5.11 Å². The first kappa shape index (κ1) is 11.9. The minimum atomic E-state index is -0.542. The first-order chi connectivity index (χ1) is 5.49. The Morgan fingerprint density at radius 2 is 1.42 bits per heavy atom. The van der Waals surface area contributed by atoms with Crippen molar-refractivity contribution in [3.63, 3.8) is 0 Å². The summed E-state index contributed by atoms with van der Waals surface area (Å²) in [5.41, 5.74) is 0. The SMILES string of the molecule is CC(C)C(CC(O)CO)C(C)C. The fraction of sp³-hybridized carbons (Fsp3) is 1.00. The van der Waals surface area contributed by atoms with Crippen molar-refractivity contribution in [1.29, 1.82) is 0 Å². The van der Waals surface area contributed by atoms with E-state index in [1.807, 2.05) is 0 Å². The summed E-state index contributed by atoms with van der Waals surface area (Å²) in [6.07, 6.45) is 0.172. The highest BCUT2D eigenvalue weighted by atomic mass is 16.3. The molecule has 2 nitrogen and oxygen atoms in total. The van der Waals surface area contributed by atoms with Crippen LogP contribution in [0.1, 0.15) is 34.1 Å². The largest absolute Gasteiger partial charge is 0.394 e. The van der Waals surface area contributed by atoms with Gasteiger partial charge in [-0.15, -0.1) is 0 Å². The van der Waals surface area contributed by atoms with Crippen molar-refractivity contribution < 1.29 is 10.2 Å². The number of aliphatic hydroxyl groups excluding tert-OH is 2. The second kappa shape index (κ2) is 5.55. The lowest BCUT2D eigenvalue weighted by atomic mass is 9.81. The van der Waals surface area contributed by atoms with Crippen LogP contribution < -0.4 is 0 Å². The fourth-order valence-corrected chi connectivity index (χ4v) is 1.70. The molecule has 0 saturated carbocycles. The third-order valence-corrected chi connectivity index (χ3v) is 2.47. The Labute approximate surface area is 75.6 Å². The summed E-state index contributed by atoms with van der Waals surface area (Å²) in [6.45, 7) is 8.53. The molecule has 74 valence electrons. The maximum atomic E-state index is 9.28. The second-order valence-corrected chi connectivity index (χ2v) is 4.22. The summed E-state index contributed by atoms with van der Waals surface area (Å²) in [5, 5.41) is 18.0. The van der Waals surface area contributed by atoms with Crippen LogP contribution in [0.5, 0.6) is 0 Å². The summed E-state index contributed by atoms with van der Waals surface area (Å²) < 4.78 is 0. The fourth-order valence-electron chi connectivity index (χ4n) is 1.70. The molecule has 1 atom stereocenters. The Morgan fingerprint density at radius 3 is 1.67 bits per heavy atom. The molecule has 0 bridgehead atoms. The number of hydrogen-bond donors (Lipinski definition) is 2. The topological polar surface area (TPSA) is 40.5 Å². The van der Waals surface area contributed by atoms with Gasteiger partial charge in [-0.1, -0.05) is 27.7 Å². The van der Waals surface area contributed by atoms with E-state index in [1.165, 1.54) is 0 Å². The quantitative estimate of drug-likeness (QED) is 0.665. The molecular formula is C10H22O2. The molecular weight excluding hydrogens is 152 g/mol. The molecule has 0 aliphatic rings. The van der Waals surface area contributed by atoms with Crippen molar-refractivity contribution in [3.05, 3.63) is 0 Å². The minimum Gasteiger partial charge on any atom is -0.394 e. The van der Waals surface area contributed by atoms with E-state index in [2.05, 4.69) is 27.7 Å². The van der Waals surface area contributed by atoms with E-state index < -0.39 is 6.10 Å². The zero-order valence-electron chi connectivity index (χ0n) is 8.62. The Bertz CT molecular complexity index is 102. The minimum absolute atomic E-state index is 0.115. The molecule has 1 unspecified atom stereocenters. The maximum Gasteiger partial charge on any atom is 0.0773 e. The maximum absolute atomic E-state index is 9.28. The van der Waals surface area contributed by atoms with Crippen LogP contribution >= 0.6 is 0 Å². The number of rotatable bonds is 5. The van der Waals surface area contributed by atoms with Crippen molar-refractivity contribution in [2.75, 3.05) is 6.61 Å². The van der Waals surface area contributed by atoms with Gasteiger partial charge in [0.25, 0.3) is 0 Å². The van der Waals surface area contributed by atoms with Crippen molar-refractivity contribution >= 4 is 0 Å². The van der Waals surface area contributed by atoms with Gasteiger partial charge in [0.1, 0.15) is 0 Å². The molecule has 2 heteroatoms. The van der Waals surface area contributed by atoms with Crippen LogP contribution in [0.3, 0.4) is 0 Å². The summed E-state index contributed by atoms with van der Waals surface area (Å²) in [6, 6.07) is 0. The Kier molecular flexibility index (Phi) is 5.51. The van der Waals surface area contributed by atoms with Gasteiger partial charge in [-0.2, -0.15) is 0 Å². The molecule has 0 aromatic heterocycles. The predicted molar refractivity (Wildman–Crippen MR) is 50.9 cm³/mol. The molecule has 2 N–H and O–H groups in total. The standard InChI is InChI=1S/C10H22O2/c1-7(2)10(8(3)4)5-9(12)6-11/h7-12H,5-6H2,1-4H3. The van der Waals surface area contributed by atoms with E-state index in [0.717, 1.165) is 0 Å². The van der Waals surface area contributed by atoms with Gasteiger partial charge in [-0.05, 0) is 24.2 Å². The van der Waals surface area contributed by atoms with Crippen LogP contribution in [0.4, 0.5) is 0 Å². The zero-order valence-corrected chi connectivity index (χ0v) is 8.62. The average molecular weight is 174 g/mol. The first-order valence-electron chi connectivity index (χ1n) is 4.78. The van der Waals surface area contributed by atoms with Crippen molar-refractivity contribution in [2.24, 2.45) is 17.8 Å². The summed E-state index contributed by atoms with van der Waals surface area (Å²) in [4.78, 5) is 0. The second-order valence-electron chi connectivity index (χ2n) is 4.22. The molecule has 0 heterocycles. The van der Waals surface area contributed by atoms with E-state index in [0.29, 0.717) is 24.2 Å². The zero-order chi connectivity index (χ0) is 9.72. The van der Waals surface area contributed by atoms with Gasteiger partial charge in [0, 0.05) is 0 Å². The average Bonchev–Trinajstić information content (AvgIpc) is 1.98. The molecule has 0 aliphatic heterocycles. The Hall–Kier alpha value is -0.0800. The summed E-state index contributed by atoms with van der Waals surface area (Å²) in [5.74, 6) is 1.66. The molecule has 0 spiro atoms. The van der Waals surface area contributed by atoms with Crippen LogP contribution in [0.15, 0.2) is 0 Å². The van der Waals surface area contributed by atoms with Crippen LogP contribution in [0, 0.1) is 17.8 Å². The van der Waals surface area contributed by atoms with Crippen molar-refractivity contribution in [3.8, 4) is 0 Å². The van der Waals surface area contributed by atoms with Gasteiger partial charge in [-0.25, -0.2) is 0 Å². The lowest BCUT2D eigenvalue weighted by Gasteiger charge is -2.26. The van der Waals surface area contributed by atoms with E-state index >= 15 is 0 Å². The molecule has 0 aromatic carbocycles. The summed E-state index contributed by atoms with van der Waals surface area (Å²) in [7, 11) is 0. The Balaban J connectivity index is 3.95. The highest BCUT2D eigenvalue weighted by Gasteiger charge is 2.20. The highest BCUT2D eigenvalue weighted by Crippen LogP contribution is 2.25. The van der Waals surface area contributed by atoms with Gasteiger partial charge < -0.3 is 10.2 Å². The van der Waals surface area contributed by atoms with Crippen LogP contribution in [0.25, 0.3) is 0 Å². The van der Waals surface area contributed by atoms with Crippen LogP contribution in [-0.2, 0) is 0 Å². The van der Waals surface area contributed by atoms with Crippen LogP contribution in [0.2, 0.25) is 0 Å². The summed E-state index contributed by atoms with van der Waals surface area (Å²) >= 11 is 0. The first-order valence-corrected chi connectivity index (χ1v) is 4.78. The number of aliphatic hydroxyl groups is 2. The normalized spacial score (nSPS) is 14.8.